The van der Waals surface area contributed by atoms with E-state index in [0.29, 0.717) is 15.8 Å². The first kappa shape index (κ1) is 26.4. The van der Waals surface area contributed by atoms with E-state index in [1.807, 2.05) is 32.9 Å². The van der Waals surface area contributed by atoms with Gasteiger partial charge < -0.3 is 20.2 Å². The number of benzene rings is 1. The zero-order valence-corrected chi connectivity index (χ0v) is 23.3. The molecule has 0 saturated carbocycles. The third-order valence-corrected chi connectivity index (χ3v) is 11.5. The van der Waals surface area contributed by atoms with Crippen molar-refractivity contribution in [2.75, 3.05) is 10.6 Å². The Balaban J connectivity index is 1.77. The smallest absolute Gasteiger partial charge is 0.325 e. The van der Waals surface area contributed by atoms with E-state index in [0.717, 1.165) is 28.1 Å². The van der Waals surface area contributed by atoms with Crippen LogP contribution in [0.1, 0.15) is 47.1 Å². The Morgan fingerprint density at radius 2 is 1.86 bits per heavy atom. The lowest BCUT2D eigenvalue weighted by Gasteiger charge is -2.37. The summed E-state index contributed by atoms with van der Waals surface area (Å²) in [5.74, 6) is 0.0438. The molecular formula is C24H33N5O4SSi. The number of carbonyl (C=O) groups excluding carboxylic acids is 1. The number of carboxylic acid groups (broad SMARTS) is 1. The molecule has 0 aliphatic carbocycles. The normalized spacial score (nSPS) is 11.9. The minimum absolute atomic E-state index is 0.0571. The number of aromatic nitrogens is 3. The van der Waals surface area contributed by atoms with Crippen molar-refractivity contribution in [3.05, 3.63) is 46.1 Å². The molecule has 0 atom stereocenters. The van der Waals surface area contributed by atoms with E-state index in [1.165, 1.54) is 22.2 Å². The maximum absolute atomic E-state index is 13.0. The van der Waals surface area contributed by atoms with Gasteiger partial charge in [0, 0.05) is 17.3 Å². The first-order valence-electron chi connectivity index (χ1n) is 11.3. The number of carbonyl (C=O) groups is 2. The average Bonchev–Trinajstić information content (AvgIpc) is 3.33. The van der Waals surface area contributed by atoms with Gasteiger partial charge in [-0.05, 0) is 50.5 Å². The third-order valence-electron chi connectivity index (χ3n) is 6.23. The van der Waals surface area contributed by atoms with Gasteiger partial charge >= 0.3 is 5.97 Å². The molecule has 0 radical (unpaired) electrons. The average molecular weight is 516 g/mol. The number of nitrogens with zero attached hydrogens (tertiary/aromatic N) is 3. The number of nitrogens with one attached hydrogen (secondary N) is 2. The Kier molecular flexibility index (Phi) is 7.41. The van der Waals surface area contributed by atoms with E-state index in [-0.39, 0.29) is 17.5 Å². The van der Waals surface area contributed by atoms with Crippen LogP contribution in [0.3, 0.4) is 0 Å². The molecule has 2 aromatic heterocycles. The Bertz CT molecular complexity index is 1260. The highest BCUT2D eigenvalue weighted by Gasteiger charge is 2.39. The minimum atomic E-state index is -2.04. The number of hydrogen-bond acceptors (Lipinski definition) is 7. The quantitative estimate of drug-likeness (QED) is 0.328. The van der Waals surface area contributed by atoms with E-state index in [4.69, 9.17) is 9.53 Å². The van der Waals surface area contributed by atoms with Crippen molar-refractivity contribution in [3.63, 3.8) is 0 Å². The number of aliphatic carboxylic acids is 1. The second kappa shape index (κ2) is 9.82. The van der Waals surface area contributed by atoms with Crippen molar-refractivity contribution in [2.45, 2.75) is 66.2 Å². The second-order valence-corrected chi connectivity index (χ2v) is 15.9. The molecule has 0 aliphatic heterocycles. The molecule has 35 heavy (non-hydrogen) atoms. The fraction of sp³-hybridized carbons (Fsp3) is 0.417. The predicted octanol–water partition coefficient (Wildman–Crippen LogP) is 5.73. The molecule has 0 bridgehead atoms. The van der Waals surface area contributed by atoms with Gasteiger partial charge in [0.15, 0.2) is 10.9 Å². The van der Waals surface area contributed by atoms with E-state index in [2.05, 4.69) is 54.6 Å². The van der Waals surface area contributed by atoms with Gasteiger partial charge in [0.2, 0.25) is 8.32 Å². The second-order valence-electron chi connectivity index (χ2n) is 10.1. The lowest BCUT2D eigenvalue weighted by atomic mass is 10.1. The summed E-state index contributed by atoms with van der Waals surface area (Å²) in [6.07, 6.45) is 3.15. The van der Waals surface area contributed by atoms with Gasteiger partial charge in [-0.2, -0.15) is 5.10 Å². The van der Waals surface area contributed by atoms with Gasteiger partial charge in [0.1, 0.15) is 17.2 Å². The Hall–Kier alpha value is -3.18. The number of carboxylic acids is 1. The first-order valence-corrected chi connectivity index (χ1v) is 15.0. The first-order chi connectivity index (χ1) is 16.2. The molecule has 11 heteroatoms. The van der Waals surface area contributed by atoms with Crippen LogP contribution in [0.4, 0.5) is 16.6 Å². The number of aryl methyl sites for hydroxylation is 2. The summed E-state index contributed by atoms with van der Waals surface area (Å²) < 4.78 is 7.85. The van der Waals surface area contributed by atoms with E-state index < -0.39 is 14.3 Å². The number of amides is 1. The fourth-order valence-corrected chi connectivity index (χ4v) is 4.92. The molecule has 0 fully saturated rings. The maximum Gasteiger partial charge on any atom is 0.325 e. The molecule has 1 amide bonds. The summed E-state index contributed by atoms with van der Waals surface area (Å²) >= 11 is 1.19. The third kappa shape index (κ3) is 6.09. The van der Waals surface area contributed by atoms with Crippen molar-refractivity contribution >= 4 is 48.2 Å². The standard InChI is InChI=1S/C24H33N5O4SSi/c1-14-9-10-17(33-35(7,8)24(4,5)6)16(3)20(14)26-22(32)18-11-25-23(34-18)27-21-15(2)12-29(28-21)13-19(30)31/h9-12H,13H2,1-8H3,(H,26,32)(H,30,31)(H,25,27,28). The van der Waals surface area contributed by atoms with Crippen LogP contribution in [-0.4, -0.2) is 40.1 Å². The van der Waals surface area contributed by atoms with Crippen LogP contribution in [0.15, 0.2) is 24.5 Å². The van der Waals surface area contributed by atoms with Gasteiger partial charge in [-0.25, -0.2) is 4.98 Å². The van der Waals surface area contributed by atoms with Crippen molar-refractivity contribution in [1.82, 2.24) is 14.8 Å². The van der Waals surface area contributed by atoms with Crippen molar-refractivity contribution in [1.29, 1.82) is 0 Å². The van der Waals surface area contributed by atoms with Crippen LogP contribution < -0.4 is 15.1 Å². The van der Waals surface area contributed by atoms with E-state index in [1.54, 1.807) is 6.20 Å². The minimum Gasteiger partial charge on any atom is -0.543 e. The van der Waals surface area contributed by atoms with Crippen molar-refractivity contribution in [3.8, 4) is 5.75 Å². The van der Waals surface area contributed by atoms with Crippen LogP contribution in [0, 0.1) is 20.8 Å². The summed E-state index contributed by atoms with van der Waals surface area (Å²) in [5.41, 5.74) is 3.35. The summed E-state index contributed by atoms with van der Waals surface area (Å²) in [6.45, 7) is 16.5. The van der Waals surface area contributed by atoms with Crippen LogP contribution >= 0.6 is 11.3 Å². The van der Waals surface area contributed by atoms with E-state index in [9.17, 15) is 9.59 Å². The molecule has 0 spiro atoms. The monoisotopic (exact) mass is 515 g/mol. The van der Waals surface area contributed by atoms with Crippen LogP contribution in [-0.2, 0) is 11.3 Å². The number of rotatable bonds is 8. The summed E-state index contributed by atoms with van der Waals surface area (Å²) in [5, 5.41) is 19.8. The molecule has 9 nitrogen and oxygen atoms in total. The highest BCUT2D eigenvalue weighted by Crippen LogP contribution is 2.40. The number of thiazole rings is 1. The van der Waals surface area contributed by atoms with Crippen molar-refractivity contribution < 1.29 is 19.1 Å². The fourth-order valence-electron chi connectivity index (χ4n) is 3.14. The molecule has 188 valence electrons. The maximum atomic E-state index is 13.0. The van der Waals surface area contributed by atoms with Gasteiger partial charge in [0.25, 0.3) is 5.91 Å². The van der Waals surface area contributed by atoms with Crippen LogP contribution in [0.2, 0.25) is 18.1 Å². The molecule has 2 heterocycles. The van der Waals surface area contributed by atoms with Gasteiger partial charge in [-0.15, -0.1) is 0 Å². The molecule has 1 aromatic carbocycles. The highest BCUT2D eigenvalue weighted by molar-refractivity contribution is 7.17. The predicted molar refractivity (Wildman–Crippen MR) is 142 cm³/mol. The summed E-state index contributed by atoms with van der Waals surface area (Å²) in [7, 11) is -2.04. The Labute approximate surface area is 210 Å². The summed E-state index contributed by atoms with van der Waals surface area (Å²) in [4.78, 5) is 28.7. The highest BCUT2D eigenvalue weighted by atomic mass is 32.1. The van der Waals surface area contributed by atoms with E-state index >= 15 is 0 Å². The molecule has 3 rings (SSSR count). The largest absolute Gasteiger partial charge is 0.543 e. The molecule has 3 aromatic rings. The zero-order chi connectivity index (χ0) is 26.1. The lowest BCUT2D eigenvalue weighted by Crippen LogP contribution is -2.44. The van der Waals surface area contributed by atoms with Crippen molar-refractivity contribution in [2.24, 2.45) is 0 Å². The molecule has 0 saturated heterocycles. The Morgan fingerprint density at radius 3 is 2.49 bits per heavy atom. The lowest BCUT2D eigenvalue weighted by molar-refractivity contribution is -0.137. The van der Waals surface area contributed by atoms with Gasteiger partial charge in [-0.1, -0.05) is 38.2 Å². The van der Waals surface area contributed by atoms with Gasteiger partial charge in [-0.3, -0.25) is 14.3 Å². The summed E-state index contributed by atoms with van der Waals surface area (Å²) in [6, 6.07) is 3.93. The van der Waals surface area contributed by atoms with Crippen LogP contribution in [0.25, 0.3) is 0 Å². The number of hydrogen-bond donors (Lipinski definition) is 3. The molecular weight excluding hydrogens is 482 g/mol. The molecule has 0 unspecified atom stereocenters. The zero-order valence-electron chi connectivity index (χ0n) is 21.4. The topological polar surface area (TPSA) is 118 Å². The van der Waals surface area contributed by atoms with Crippen LogP contribution in [0.5, 0.6) is 5.75 Å². The van der Waals surface area contributed by atoms with Gasteiger partial charge in [0.05, 0.1) is 11.9 Å². The number of anilines is 3. The Morgan fingerprint density at radius 1 is 1.17 bits per heavy atom. The SMILES string of the molecule is Cc1cn(CC(=O)O)nc1Nc1ncc(C(=O)Nc2c(C)ccc(O[Si](C)(C)C(C)(C)C)c2C)s1. The molecule has 3 N–H and O–H groups in total. The molecule has 0 aliphatic rings.